The van der Waals surface area contributed by atoms with E-state index >= 15 is 0 Å². The molecule has 0 aliphatic heterocycles. The van der Waals surface area contributed by atoms with Crippen LogP contribution in [0.3, 0.4) is 0 Å². The Kier molecular flexibility index (Phi) is 9.36. The molecule has 0 heterocycles. The first-order valence-electron chi connectivity index (χ1n) is 14.5. The van der Waals surface area contributed by atoms with Crippen LogP contribution in [0.4, 0.5) is 0 Å². The summed E-state index contributed by atoms with van der Waals surface area (Å²) in [5, 5.41) is 23.2. The number of carbonyl (C=O) groups is 3. The number of phenols is 1. The second-order valence-electron chi connectivity index (χ2n) is 12.4. The summed E-state index contributed by atoms with van der Waals surface area (Å²) in [6.45, 7) is 9.37. The Bertz CT molecular complexity index is 1380. The van der Waals surface area contributed by atoms with E-state index in [2.05, 4.69) is 26.1 Å². The minimum absolute atomic E-state index is 0.0727. The summed E-state index contributed by atoms with van der Waals surface area (Å²) in [6.07, 6.45) is 3.96. The molecular weight excluding hydrogens is 516 g/mol. The molecule has 1 atom stereocenters. The maximum Gasteiger partial charge on any atom is 0.305 e. The molecule has 2 amide bonds. The molecule has 0 saturated heterocycles. The molecule has 1 aliphatic carbocycles. The minimum atomic E-state index is -0.959. The van der Waals surface area contributed by atoms with Gasteiger partial charge in [-0.25, -0.2) is 0 Å². The van der Waals surface area contributed by atoms with Crippen LogP contribution in [0.5, 0.6) is 5.75 Å². The van der Waals surface area contributed by atoms with E-state index in [4.69, 9.17) is 5.11 Å². The molecule has 7 heteroatoms. The number of amides is 2. The molecule has 1 saturated carbocycles. The molecule has 41 heavy (non-hydrogen) atoms. The third kappa shape index (κ3) is 7.66. The number of carbonyl (C=O) groups excluding carboxylic acids is 2. The Morgan fingerprint density at radius 3 is 2.20 bits per heavy atom. The zero-order valence-electron chi connectivity index (χ0n) is 24.5. The summed E-state index contributed by atoms with van der Waals surface area (Å²) in [5.41, 5.74) is 2.58. The normalized spacial score (nSPS) is 18.0. The van der Waals surface area contributed by atoms with E-state index in [0.717, 1.165) is 47.6 Å². The minimum Gasteiger partial charge on any atom is -0.508 e. The van der Waals surface area contributed by atoms with Gasteiger partial charge in [0.15, 0.2) is 0 Å². The number of aliphatic carboxylic acids is 1. The SMILES string of the molecule is C[C@H](C(=O)N(Cc1ccc(C(=O)NCCC(=O)O)cc1)C1CCC(C(C)(C)C)CC1)c1ccc2cc(O)ccc2c1. The molecule has 218 valence electrons. The number of hydrogen-bond acceptors (Lipinski definition) is 4. The van der Waals surface area contributed by atoms with Gasteiger partial charge in [-0.1, -0.05) is 57.2 Å². The standard InChI is InChI=1S/C34H42N2O5/c1-22(25-9-10-27-20-30(37)16-11-26(27)19-25)33(41)36(29-14-12-28(13-15-29)34(2,3)4)21-23-5-7-24(8-6-23)32(40)35-18-17-31(38)39/h5-11,16,19-20,22,28-29,37H,12-15,17-18,21H2,1-4H3,(H,35,40)(H,38,39)/t22-,28?,29?/m0/s1. The molecule has 3 aromatic rings. The van der Waals surface area contributed by atoms with E-state index in [0.29, 0.717) is 18.0 Å². The van der Waals surface area contributed by atoms with E-state index in [-0.39, 0.29) is 47.9 Å². The number of rotatable bonds is 9. The summed E-state index contributed by atoms with van der Waals surface area (Å²) in [7, 11) is 0. The van der Waals surface area contributed by atoms with Crippen molar-refractivity contribution < 1.29 is 24.6 Å². The highest BCUT2D eigenvalue weighted by atomic mass is 16.4. The van der Waals surface area contributed by atoms with Crippen LogP contribution in [-0.4, -0.2) is 45.5 Å². The van der Waals surface area contributed by atoms with Crippen LogP contribution in [0, 0.1) is 11.3 Å². The first kappa shape index (κ1) is 30.1. The average Bonchev–Trinajstić information content (AvgIpc) is 2.94. The van der Waals surface area contributed by atoms with Crippen LogP contribution in [0.15, 0.2) is 60.7 Å². The van der Waals surface area contributed by atoms with E-state index < -0.39 is 5.97 Å². The predicted octanol–water partition coefficient (Wildman–Crippen LogP) is 6.49. The van der Waals surface area contributed by atoms with Gasteiger partial charge in [-0.2, -0.15) is 0 Å². The topological polar surface area (TPSA) is 107 Å². The quantitative estimate of drug-likeness (QED) is 0.278. The molecular formula is C34H42N2O5. The molecule has 0 bridgehead atoms. The van der Waals surface area contributed by atoms with E-state index in [1.807, 2.05) is 48.2 Å². The fraction of sp³-hybridized carbons (Fsp3) is 0.441. The van der Waals surface area contributed by atoms with Gasteiger partial charge in [0, 0.05) is 24.7 Å². The zero-order chi connectivity index (χ0) is 29.7. The summed E-state index contributed by atoms with van der Waals surface area (Å²) < 4.78 is 0. The van der Waals surface area contributed by atoms with E-state index in [9.17, 15) is 19.5 Å². The second kappa shape index (κ2) is 12.8. The van der Waals surface area contributed by atoms with Crippen molar-refractivity contribution in [1.82, 2.24) is 10.2 Å². The summed E-state index contributed by atoms with van der Waals surface area (Å²) in [6, 6.07) is 18.6. The molecule has 4 rings (SSSR count). The molecule has 3 N–H and O–H groups in total. The molecule has 3 aromatic carbocycles. The molecule has 0 unspecified atom stereocenters. The number of carboxylic acids is 1. The molecule has 1 aliphatic rings. The molecule has 1 fully saturated rings. The van der Waals surface area contributed by atoms with Gasteiger partial charge in [0.1, 0.15) is 5.75 Å². The maximum atomic E-state index is 14.1. The van der Waals surface area contributed by atoms with Crippen molar-refractivity contribution in [2.75, 3.05) is 6.54 Å². The highest BCUT2D eigenvalue weighted by molar-refractivity contribution is 5.94. The summed E-state index contributed by atoms with van der Waals surface area (Å²) >= 11 is 0. The fourth-order valence-corrected chi connectivity index (χ4v) is 5.90. The highest BCUT2D eigenvalue weighted by Crippen LogP contribution is 2.40. The number of fused-ring (bicyclic) bond motifs is 1. The first-order valence-corrected chi connectivity index (χ1v) is 14.5. The largest absolute Gasteiger partial charge is 0.508 e. The lowest BCUT2D eigenvalue weighted by molar-refractivity contribution is -0.137. The maximum absolute atomic E-state index is 14.1. The number of nitrogens with one attached hydrogen (secondary N) is 1. The Labute approximate surface area is 242 Å². The van der Waals surface area contributed by atoms with Gasteiger partial charge < -0.3 is 20.4 Å². The van der Waals surface area contributed by atoms with E-state index in [1.54, 1.807) is 24.3 Å². The lowest BCUT2D eigenvalue weighted by atomic mass is 9.71. The van der Waals surface area contributed by atoms with Crippen molar-refractivity contribution in [3.05, 3.63) is 77.4 Å². The third-order valence-corrected chi connectivity index (χ3v) is 8.56. The van der Waals surface area contributed by atoms with Crippen LogP contribution in [0.25, 0.3) is 10.8 Å². The highest BCUT2D eigenvalue weighted by Gasteiger charge is 2.35. The van der Waals surface area contributed by atoms with Crippen molar-refractivity contribution >= 4 is 28.6 Å². The third-order valence-electron chi connectivity index (χ3n) is 8.56. The lowest BCUT2D eigenvalue weighted by Crippen LogP contribution is -2.44. The van der Waals surface area contributed by atoms with Gasteiger partial charge in [0.25, 0.3) is 5.91 Å². The van der Waals surface area contributed by atoms with Crippen LogP contribution in [0.1, 0.15) is 87.2 Å². The molecule has 7 nitrogen and oxygen atoms in total. The second-order valence-corrected chi connectivity index (χ2v) is 12.4. The van der Waals surface area contributed by atoms with Crippen molar-refractivity contribution in [3.8, 4) is 5.75 Å². The number of aromatic hydroxyl groups is 1. The monoisotopic (exact) mass is 558 g/mol. The zero-order valence-corrected chi connectivity index (χ0v) is 24.5. The van der Waals surface area contributed by atoms with Gasteiger partial charge in [0.2, 0.25) is 5.91 Å². The number of benzene rings is 3. The van der Waals surface area contributed by atoms with Crippen LogP contribution in [-0.2, 0) is 16.1 Å². The Hall–Kier alpha value is -3.87. The van der Waals surface area contributed by atoms with Gasteiger partial charge in [-0.05, 0) is 90.1 Å². The van der Waals surface area contributed by atoms with Gasteiger partial charge >= 0.3 is 5.97 Å². The fourth-order valence-electron chi connectivity index (χ4n) is 5.90. The first-order chi connectivity index (χ1) is 19.4. The molecule has 0 spiro atoms. The van der Waals surface area contributed by atoms with Crippen molar-refractivity contribution in [3.63, 3.8) is 0 Å². The predicted molar refractivity (Wildman–Crippen MR) is 161 cm³/mol. The molecule has 0 aromatic heterocycles. The number of carboxylic acid groups (broad SMARTS) is 1. The Balaban J connectivity index is 1.54. The smallest absolute Gasteiger partial charge is 0.305 e. The van der Waals surface area contributed by atoms with Crippen LogP contribution >= 0.6 is 0 Å². The van der Waals surface area contributed by atoms with Gasteiger partial charge in [0.05, 0.1) is 12.3 Å². The number of phenolic OH excluding ortho intramolecular Hbond substituents is 1. The summed E-state index contributed by atoms with van der Waals surface area (Å²) in [4.78, 5) is 39.3. The van der Waals surface area contributed by atoms with Gasteiger partial charge in [-0.3, -0.25) is 14.4 Å². The van der Waals surface area contributed by atoms with Crippen molar-refractivity contribution in [2.24, 2.45) is 11.3 Å². The van der Waals surface area contributed by atoms with Crippen molar-refractivity contribution in [2.45, 2.75) is 78.3 Å². The number of nitrogens with zero attached hydrogens (tertiary/aromatic N) is 1. The van der Waals surface area contributed by atoms with Crippen LogP contribution < -0.4 is 5.32 Å². The van der Waals surface area contributed by atoms with Crippen LogP contribution in [0.2, 0.25) is 0 Å². The molecule has 0 radical (unpaired) electrons. The lowest BCUT2D eigenvalue weighted by Gasteiger charge is -2.42. The summed E-state index contributed by atoms with van der Waals surface area (Å²) in [5.74, 6) is -0.687. The average molecular weight is 559 g/mol. The van der Waals surface area contributed by atoms with E-state index in [1.165, 1.54) is 0 Å². The Morgan fingerprint density at radius 1 is 0.927 bits per heavy atom. The van der Waals surface area contributed by atoms with Crippen molar-refractivity contribution in [1.29, 1.82) is 0 Å². The van der Waals surface area contributed by atoms with Gasteiger partial charge in [-0.15, -0.1) is 0 Å². The Morgan fingerprint density at radius 2 is 1.56 bits per heavy atom. The number of hydrogen-bond donors (Lipinski definition) is 3.